The van der Waals surface area contributed by atoms with E-state index in [1.54, 1.807) is 22.4 Å². The minimum Gasteiger partial charge on any atom is -0.371 e. The lowest BCUT2D eigenvalue weighted by Crippen LogP contribution is -2.35. The molecule has 3 rings (SSSR count). The monoisotopic (exact) mass is 297 g/mol. The molecule has 0 spiro atoms. The molecule has 0 saturated carbocycles. The second-order valence-corrected chi connectivity index (χ2v) is 8.30. The molecule has 1 atom stereocenters. The van der Waals surface area contributed by atoms with Crippen molar-refractivity contribution in [1.29, 1.82) is 0 Å². The molecule has 120 valence electrons. The molecule has 0 amide bonds. The number of rotatable bonds is 3. The Hall–Kier alpha value is -1.24. The molecule has 22 heavy (non-hydrogen) atoms. The minimum atomic E-state index is 0.357. The molecule has 1 unspecified atom stereocenters. The van der Waals surface area contributed by atoms with Gasteiger partial charge in [-0.2, -0.15) is 0 Å². The van der Waals surface area contributed by atoms with Crippen molar-refractivity contribution in [2.75, 3.05) is 18.0 Å². The molecule has 0 fully saturated rings. The van der Waals surface area contributed by atoms with E-state index < -0.39 is 0 Å². The Bertz CT molecular complexity index is 575. The zero-order valence-corrected chi connectivity index (χ0v) is 14.8. The van der Waals surface area contributed by atoms with Gasteiger partial charge in [0, 0.05) is 18.8 Å². The second kappa shape index (κ2) is 5.76. The first-order valence-corrected chi connectivity index (χ1v) is 8.97. The highest BCUT2D eigenvalue weighted by atomic mass is 15.1. The summed E-state index contributed by atoms with van der Waals surface area (Å²) in [6.07, 6.45) is 8.39. The van der Waals surface area contributed by atoms with E-state index >= 15 is 0 Å². The average molecular weight is 297 g/mol. The lowest BCUT2D eigenvalue weighted by Gasteiger charge is -2.39. The molecule has 0 radical (unpaired) electrons. The zero-order chi connectivity index (χ0) is 15.9. The van der Waals surface area contributed by atoms with Crippen molar-refractivity contribution in [3.05, 3.63) is 34.9 Å². The number of aryl methyl sites for hydroxylation is 1. The van der Waals surface area contributed by atoms with Gasteiger partial charge < -0.3 is 4.90 Å². The van der Waals surface area contributed by atoms with Crippen LogP contribution in [0.25, 0.3) is 6.08 Å². The van der Waals surface area contributed by atoms with Crippen molar-refractivity contribution in [2.45, 2.75) is 59.8 Å². The van der Waals surface area contributed by atoms with Crippen LogP contribution in [0, 0.1) is 11.3 Å². The SMILES string of the molecule is C=Cc1cc2c3c(c1CC(C)C(C)(C)C)CCCN3CCC2. The van der Waals surface area contributed by atoms with Crippen molar-refractivity contribution >= 4 is 11.8 Å². The summed E-state index contributed by atoms with van der Waals surface area (Å²) in [5.74, 6) is 0.680. The van der Waals surface area contributed by atoms with Crippen LogP contribution < -0.4 is 4.90 Å². The van der Waals surface area contributed by atoms with Crippen LogP contribution in [0.15, 0.2) is 12.6 Å². The van der Waals surface area contributed by atoms with Gasteiger partial charge in [0.1, 0.15) is 0 Å². The van der Waals surface area contributed by atoms with Crippen LogP contribution in [0.4, 0.5) is 5.69 Å². The first-order chi connectivity index (χ1) is 10.4. The fourth-order valence-electron chi connectivity index (χ4n) is 3.99. The van der Waals surface area contributed by atoms with Gasteiger partial charge in [-0.25, -0.2) is 0 Å². The molecule has 1 nitrogen and oxygen atoms in total. The topological polar surface area (TPSA) is 3.24 Å². The maximum Gasteiger partial charge on any atom is 0.0434 e. The summed E-state index contributed by atoms with van der Waals surface area (Å²) in [4.78, 5) is 2.65. The molecule has 1 heteroatoms. The van der Waals surface area contributed by atoms with Gasteiger partial charge in [0.2, 0.25) is 0 Å². The van der Waals surface area contributed by atoms with E-state index in [1.165, 1.54) is 50.8 Å². The highest BCUT2D eigenvalue weighted by molar-refractivity contribution is 5.71. The smallest absolute Gasteiger partial charge is 0.0434 e. The summed E-state index contributed by atoms with van der Waals surface area (Å²) in [5.41, 5.74) is 8.16. The lowest BCUT2D eigenvalue weighted by atomic mass is 9.75. The maximum atomic E-state index is 4.11. The van der Waals surface area contributed by atoms with E-state index in [-0.39, 0.29) is 0 Å². The van der Waals surface area contributed by atoms with Crippen LogP contribution in [-0.4, -0.2) is 13.1 Å². The van der Waals surface area contributed by atoms with Gasteiger partial charge >= 0.3 is 0 Å². The van der Waals surface area contributed by atoms with Crippen molar-refractivity contribution in [1.82, 2.24) is 0 Å². The van der Waals surface area contributed by atoms with Crippen molar-refractivity contribution in [2.24, 2.45) is 11.3 Å². The third kappa shape index (κ3) is 2.71. The summed E-state index contributed by atoms with van der Waals surface area (Å²) >= 11 is 0. The predicted octanol–water partition coefficient (Wildman–Crippen LogP) is 5.25. The van der Waals surface area contributed by atoms with Gasteiger partial charge in [0.15, 0.2) is 0 Å². The Balaban J connectivity index is 2.09. The minimum absolute atomic E-state index is 0.357. The van der Waals surface area contributed by atoms with Crippen LogP contribution in [0.1, 0.15) is 62.8 Å². The summed E-state index contributed by atoms with van der Waals surface area (Å²) in [5, 5.41) is 0. The average Bonchev–Trinajstić information content (AvgIpc) is 2.48. The summed E-state index contributed by atoms with van der Waals surface area (Å²) in [7, 11) is 0. The van der Waals surface area contributed by atoms with Crippen molar-refractivity contribution in [3.8, 4) is 0 Å². The van der Waals surface area contributed by atoms with E-state index in [2.05, 4.69) is 51.3 Å². The van der Waals surface area contributed by atoms with Gasteiger partial charge in [-0.05, 0) is 71.8 Å². The van der Waals surface area contributed by atoms with Gasteiger partial charge in [0.05, 0.1) is 0 Å². The van der Waals surface area contributed by atoms with E-state index in [4.69, 9.17) is 0 Å². The highest BCUT2D eigenvalue weighted by Gasteiger charge is 2.29. The van der Waals surface area contributed by atoms with Crippen LogP contribution >= 0.6 is 0 Å². The van der Waals surface area contributed by atoms with E-state index in [0.717, 1.165) is 0 Å². The largest absolute Gasteiger partial charge is 0.371 e. The molecule has 2 aliphatic rings. The number of hydrogen-bond acceptors (Lipinski definition) is 1. The molecule has 0 saturated heterocycles. The first kappa shape index (κ1) is 15.6. The standard InChI is InChI=1S/C21H31N/c1-6-16-14-17-9-7-11-22-12-8-10-18(20(17)22)19(16)13-15(2)21(3,4)5/h6,14-15H,1,7-13H2,2-5H3. The molecule has 1 aromatic carbocycles. The Kier molecular flexibility index (Phi) is 4.09. The van der Waals surface area contributed by atoms with Crippen LogP contribution in [0.2, 0.25) is 0 Å². The lowest BCUT2D eigenvalue weighted by molar-refractivity contribution is 0.259. The molecule has 2 heterocycles. The summed E-state index contributed by atoms with van der Waals surface area (Å²) < 4.78 is 0. The Morgan fingerprint density at radius 3 is 2.55 bits per heavy atom. The zero-order valence-electron chi connectivity index (χ0n) is 14.8. The summed E-state index contributed by atoms with van der Waals surface area (Å²) in [6.45, 7) is 16.1. The van der Waals surface area contributed by atoms with E-state index in [9.17, 15) is 0 Å². The van der Waals surface area contributed by atoms with Gasteiger partial charge in [-0.1, -0.05) is 40.3 Å². The van der Waals surface area contributed by atoms with E-state index in [0.29, 0.717) is 11.3 Å². The normalized spacial score (nSPS) is 18.8. The molecule has 2 aliphatic heterocycles. The van der Waals surface area contributed by atoms with Gasteiger partial charge in [0.25, 0.3) is 0 Å². The second-order valence-electron chi connectivity index (χ2n) is 8.30. The number of benzene rings is 1. The van der Waals surface area contributed by atoms with Crippen LogP contribution in [-0.2, 0) is 19.3 Å². The third-order valence-electron chi connectivity index (χ3n) is 5.89. The van der Waals surface area contributed by atoms with E-state index in [1.807, 2.05) is 0 Å². The van der Waals surface area contributed by atoms with Gasteiger partial charge in [-0.3, -0.25) is 0 Å². The number of nitrogens with zero attached hydrogens (tertiary/aromatic N) is 1. The molecule has 1 aromatic rings. The molecule has 0 N–H and O–H groups in total. The number of anilines is 1. The van der Waals surface area contributed by atoms with Crippen LogP contribution in [0.3, 0.4) is 0 Å². The first-order valence-electron chi connectivity index (χ1n) is 8.97. The maximum absolute atomic E-state index is 4.11. The molecular formula is C21H31N. The number of hydrogen-bond donors (Lipinski definition) is 0. The fourth-order valence-corrected chi connectivity index (χ4v) is 3.99. The van der Waals surface area contributed by atoms with Crippen LogP contribution in [0.5, 0.6) is 0 Å². The summed E-state index contributed by atoms with van der Waals surface area (Å²) in [6, 6.07) is 2.44. The predicted molar refractivity (Wildman–Crippen MR) is 97.7 cm³/mol. The van der Waals surface area contributed by atoms with Crippen molar-refractivity contribution in [3.63, 3.8) is 0 Å². The Morgan fingerprint density at radius 2 is 1.91 bits per heavy atom. The Morgan fingerprint density at radius 1 is 1.23 bits per heavy atom. The molecule has 0 bridgehead atoms. The highest BCUT2D eigenvalue weighted by Crippen LogP contribution is 2.41. The van der Waals surface area contributed by atoms with Crippen molar-refractivity contribution < 1.29 is 0 Å². The molecule has 0 aromatic heterocycles. The quantitative estimate of drug-likeness (QED) is 0.736. The third-order valence-corrected chi connectivity index (χ3v) is 5.89. The molecule has 0 aliphatic carbocycles. The van der Waals surface area contributed by atoms with Gasteiger partial charge in [-0.15, -0.1) is 0 Å². The Labute approximate surface area is 136 Å². The molecular weight excluding hydrogens is 266 g/mol. The fraction of sp³-hybridized carbons (Fsp3) is 0.619.